The number of ether oxygens (including phenoxy) is 1. The minimum Gasteiger partial charge on any atom is -0.435 e. The summed E-state index contributed by atoms with van der Waals surface area (Å²) in [5.74, 6) is 1.05. The number of amidine groups is 1. The Balaban J connectivity index is 1.94. The van der Waals surface area contributed by atoms with Crippen LogP contribution in [0.4, 0.5) is 8.78 Å². The second-order valence-electron chi connectivity index (χ2n) is 5.08. The zero-order valence-electron chi connectivity index (χ0n) is 13.1. The van der Waals surface area contributed by atoms with Gasteiger partial charge in [0.1, 0.15) is 11.6 Å². The second-order valence-corrected chi connectivity index (χ2v) is 6.21. The van der Waals surface area contributed by atoms with Gasteiger partial charge in [-0.3, -0.25) is 4.99 Å². The van der Waals surface area contributed by atoms with Crippen molar-refractivity contribution in [1.29, 1.82) is 0 Å². The third kappa shape index (κ3) is 5.71. The van der Waals surface area contributed by atoms with Crippen molar-refractivity contribution in [3.8, 4) is 5.75 Å². The fourth-order valence-electron chi connectivity index (χ4n) is 2.09. The zero-order chi connectivity index (χ0) is 16.7. The molecule has 0 amide bonds. The molecule has 0 aliphatic carbocycles. The molecule has 1 heterocycles. The molecule has 1 aliphatic heterocycles. The molecule has 23 heavy (non-hydrogen) atoms. The van der Waals surface area contributed by atoms with E-state index in [1.807, 2.05) is 36.9 Å². The summed E-state index contributed by atoms with van der Waals surface area (Å²) in [5.41, 5.74) is 1.99. The Kier molecular flexibility index (Phi) is 6.65. The first-order chi connectivity index (χ1) is 11.1. The molecule has 124 valence electrons. The zero-order valence-corrected chi connectivity index (χ0v) is 13.9. The van der Waals surface area contributed by atoms with E-state index in [2.05, 4.69) is 21.3 Å². The van der Waals surface area contributed by atoms with Crippen LogP contribution in [-0.4, -0.2) is 37.0 Å². The Morgan fingerprint density at radius 1 is 1.39 bits per heavy atom. The lowest BCUT2D eigenvalue weighted by atomic mass is 10.1. The molecule has 1 atom stereocenters. The highest BCUT2D eigenvalue weighted by molar-refractivity contribution is 7.99. The van der Waals surface area contributed by atoms with Gasteiger partial charge in [-0.2, -0.15) is 20.5 Å². The van der Waals surface area contributed by atoms with Gasteiger partial charge in [0.15, 0.2) is 0 Å². The molecule has 1 aliphatic rings. The average molecular weight is 338 g/mol. The van der Waals surface area contributed by atoms with Gasteiger partial charge in [-0.25, -0.2) is 0 Å². The smallest absolute Gasteiger partial charge is 0.387 e. The molecule has 0 saturated carbocycles. The van der Waals surface area contributed by atoms with Crippen LogP contribution in [0, 0.1) is 0 Å². The van der Waals surface area contributed by atoms with Gasteiger partial charge in [0.2, 0.25) is 0 Å². The number of nitrogens with zero attached hydrogens (tertiary/aromatic N) is 1. The van der Waals surface area contributed by atoms with Crippen LogP contribution in [-0.2, 0) is 0 Å². The van der Waals surface area contributed by atoms with Crippen molar-refractivity contribution in [2.24, 2.45) is 4.99 Å². The summed E-state index contributed by atoms with van der Waals surface area (Å²) in [4.78, 5) is 4.47. The first-order valence-electron chi connectivity index (χ1n) is 7.30. The summed E-state index contributed by atoms with van der Waals surface area (Å²) in [7, 11) is 0. The van der Waals surface area contributed by atoms with Crippen molar-refractivity contribution in [2.45, 2.75) is 18.8 Å². The monoisotopic (exact) mass is 338 g/mol. The predicted molar refractivity (Wildman–Crippen MR) is 93.5 cm³/mol. The van der Waals surface area contributed by atoms with Gasteiger partial charge in [-0.1, -0.05) is 24.3 Å². The molecule has 1 unspecified atom stereocenters. The van der Waals surface area contributed by atoms with Crippen LogP contribution in [0.25, 0.3) is 5.57 Å². The maximum Gasteiger partial charge on any atom is 0.387 e. The van der Waals surface area contributed by atoms with Crippen LogP contribution >= 0.6 is 11.8 Å². The molecule has 1 N–H and O–H groups in total. The molecular formula is C17H20F2N2OS. The van der Waals surface area contributed by atoms with Crippen LogP contribution in [0.15, 0.2) is 47.5 Å². The minimum atomic E-state index is -2.80. The Hall–Kier alpha value is -1.82. The molecule has 0 bridgehead atoms. The normalized spacial score (nSPS) is 18.9. The van der Waals surface area contributed by atoms with Gasteiger partial charge in [-0.15, -0.1) is 0 Å². The summed E-state index contributed by atoms with van der Waals surface area (Å²) in [6.07, 6.45) is 7.93. The molecule has 1 aromatic rings. The van der Waals surface area contributed by atoms with Crippen molar-refractivity contribution in [1.82, 2.24) is 5.32 Å². The highest BCUT2D eigenvalue weighted by Crippen LogP contribution is 2.19. The van der Waals surface area contributed by atoms with Gasteiger partial charge < -0.3 is 10.1 Å². The maximum atomic E-state index is 12.1. The second kappa shape index (κ2) is 8.72. The van der Waals surface area contributed by atoms with E-state index >= 15 is 0 Å². The highest BCUT2D eigenvalue weighted by Gasteiger charge is 2.11. The Morgan fingerprint density at radius 2 is 2.13 bits per heavy atom. The van der Waals surface area contributed by atoms with Gasteiger partial charge >= 0.3 is 6.61 Å². The molecule has 0 radical (unpaired) electrons. The SMILES string of the molecule is CSC1CN=C(C=CC=C(C)c2ccc(OC(F)F)cc2)NC1. The number of rotatable bonds is 6. The van der Waals surface area contributed by atoms with Gasteiger partial charge in [0.05, 0.1) is 6.54 Å². The number of allylic oxidation sites excluding steroid dienone is 3. The minimum absolute atomic E-state index is 0.163. The molecule has 2 rings (SSSR count). The number of thioether (sulfide) groups is 1. The third-order valence-electron chi connectivity index (χ3n) is 3.44. The lowest BCUT2D eigenvalue weighted by Crippen LogP contribution is -2.36. The molecule has 0 fully saturated rings. The largest absolute Gasteiger partial charge is 0.435 e. The molecule has 0 spiro atoms. The van der Waals surface area contributed by atoms with E-state index in [1.165, 1.54) is 12.1 Å². The highest BCUT2D eigenvalue weighted by atomic mass is 32.2. The first kappa shape index (κ1) is 17.5. The van der Waals surface area contributed by atoms with Gasteiger partial charge in [0.25, 0.3) is 0 Å². The standard InChI is InChI=1S/C17H20F2N2OS/c1-12(13-6-8-14(9-7-13)22-17(18)19)4-3-5-16-20-10-15(23-2)11-21-16/h3-9,15,17H,10-11H2,1-2H3,(H,20,21). The predicted octanol–water partition coefficient (Wildman–Crippen LogP) is 3.98. The first-order valence-corrected chi connectivity index (χ1v) is 8.58. The van der Waals surface area contributed by atoms with Crippen molar-refractivity contribution >= 4 is 23.2 Å². The van der Waals surface area contributed by atoms with Crippen molar-refractivity contribution < 1.29 is 13.5 Å². The van der Waals surface area contributed by atoms with E-state index in [4.69, 9.17) is 0 Å². The summed E-state index contributed by atoms with van der Waals surface area (Å²) in [5, 5.41) is 3.82. The number of benzene rings is 1. The number of halogens is 2. The number of aliphatic imine (C=N–C) groups is 1. The van der Waals surface area contributed by atoms with E-state index in [-0.39, 0.29) is 5.75 Å². The Bertz CT molecular complexity index is 597. The van der Waals surface area contributed by atoms with E-state index in [0.717, 1.165) is 30.1 Å². The Morgan fingerprint density at radius 3 is 2.70 bits per heavy atom. The fourth-order valence-corrected chi connectivity index (χ4v) is 2.56. The molecular weight excluding hydrogens is 318 g/mol. The summed E-state index contributed by atoms with van der Waals surface area (Å²) in [6, 6.07) is 6.60. The number of hydrogen-bond donors (Lipinski definition) is 1. The topological polar surface area (TPSA) is 33.6 Å². The number of hydrogen-bond acceptors (Lipinski definition) is 4. The van der Waals surface area contributed by atoms with E-state index < -0.39 is 6.61 Å². The number of nitrogens with one attached hydrogen (secondary N) is 1. The van der Waals surface area contributed by atoms with Crippen LogP contribution in [0.2, 0.25) is 0 Å². The van der Waals surface area contributed by atoms with Crippen LogP contribution in [0.1, 0.15) is 12.5 Å². The van der Waals surface area contributed by atoms with Crippen LogP contribution in [0.3, 0.4) is 0 Å². The van der Waals surface area contributed by atoms with Crippen molar-refractivity contribution in [2.75, 3.05) is 19.3 Å². The Labute approximate surface area is 139 Å². The third-order valence-corrected chi connectivity index (χ3v) is 4.43. The quantitative estimate of drug-likeness (QED) is 0.797. The van der Waals surface area contributed by atoms with E-state index in [1.54, 1.807) is 12.1 Å². The van der Waals surface area contributed by atoms with E-state index in [0.29, 0.717) is 5.25 Å². The van der Waals surface area contributed by atoms with Gasteiger partial charge in [0, 0.05) is 11.8 Å². The molecule has 6 heteroatoms. The van der Waals surface area contributed by atoms with Crippen molar-refractivity contribution in [3.63, 3.8) is 0 Å². The van der Waals surface area contributed by atoms with Crippen LogP contribution < -0.4 is 10.1 Å². The van der Waals surface area contributed by atoms with Crippen LogP contribution in [0.5, 0.6) is 5.75 Å². The molecule has 3 nitrogen and oxygen atoms in total. The summed E-state index contributed by atoms with van der Waals surface area (Å²) in [6.45, 7) is 0.934. The number of alkyl halides is 2. The summed E-state index contributed by atoms with van der Waals surface area (Å²) >= 11 is 1.82. The fraction of sp³-hybridized carbons (Fsp3) is 0.353. The molecule has 0 aromatic heterocycles. The lowest BCUT2D eigenvalue weighted by Gasteiger charge is -2.19. The van der Waals surface area contributed by atoms with E-state index in [9.17, 15) is 8.78 Å². The summed E-state index contributed by atoms with van der Waals surface area (Å²) < 4.78 is 28.6. The van der Waals surface area contributed by atoms with Crippen molar-refractivity contribution in [3.05, 3.63) is 48.1 Å². The molecule has 1 aromatic carbocycles. The maximum absolute atomic E-state index is 12.1. The van der Waals surface area contributed by atoms with Gasteiger partial charge in [-0.05, 0) is 42.5 Å². The average Bonchev–Trinajstić information content (AvgIpc) is 2.55. The molecule has 0 saturated heterocycles. The lowest BCUT2D eigenvalue weighted by molar-refractivity contribution is -0.0498.